The molecule has 12 heteroatoms. The molecule has 0 aliphatic rings. The second-order valence-corrected chi connectivity index (χ2v) is 6.45. The number of H-pyrrole nitrogens is 1. The van der Waals surface area contributed by atoms with E-state index in [9.17, 15) is 19.2 Å². The molecule has 2 aromatic heterocycles. The molecule has 0 fully saturated rings. The lowest BCUT2D eigenvalue weighted by molar-refractivity contribution is 0.0847. The summed E-state index contributed by atoms with van der Waals surface area (Å²) in [7, 11) is 0. The predicted molar refractivity (Wildman–Crippen MR) is 109 cm³/mol. The fraction of sp³-hybridized carbons (Fsp3) is 0.105. The van der Waals surface area contributed by atoms with Crippen molar-refractivity contribution in [1.82, 2.24) is 40.6 Å². The van der Waals surface area contributed by atoms with Gasteiger partial charge in [-0.15, -0.1) is 5.10 Å². The van der Waals surface area contributed by atoms with Crippen molar-refractivity contribution in [2.75, 3.05) is 0 Å². The molecule has 0 bridgehead atoms. The van der Waals surface area contributed by atoms with Gasteiger partial charge in [0.25, 0.3) is 17.4 Å². The van der Waals surface area contributed by atoms with E-state index < -0.39 is 23.1 Å². The molecule has 4 aromatic rings. The molecule has 0 spiro atoms. The number of aromatic nitrogens is 6. The largest absolute Gasteiger partial charge is 0.328 e. The van der Waals surface area contributed by atoms with E-state index in [1.165, 1.54) is 29.2 Å². The summed E-state index contributed by atoms with van der Waals surface area (Å²) in [6.45, 7) is 1.92. The molecule has 0 aliphatic carbocycles. The molecule has 3 N–H and O–H groups in total. The minimum absolute atomic E-state index is 0.158. The third-order valence-electron chi connectivity index (χ3n) is 4.59. The van der Waals surface area contributed by atoms with Crippen molar-refractivity contribution in [1.29, 1.82) is 0 Å². The lowest BCUT2D eigenvalue weighted by atomic mass is 10.1. The van der Waals surface area contributed by atoms with E-state index in [1.807, 2.05) is 0 Å². The molecule has 0 saturated heterocycles. The monoisotopic (exact) mass is 420 g/mol. The predicted octanol–water partition coefficient (Wildman–Crippen LogP) is -0.240. The Kier molecular flexibility index (Phi) is 5.10. The van der Waals surface area contributed by atoms with Crippen LogP contribution >= 0.6 is 0 Å². The van der Waals surface area contributed by atoms with Crippen LogP contribution in [0.5, 0.6) is 0 Å². The van der Waals surface area contributed by atoms with Crippen LogP contribution in [-0.4, -0.2) is 41.6 Å². The number of nitrogens with one attached hydrogen (secondary N) is 3. The number of tetrazole rings is 1. The highest BCUT2D eigenvalue weighted by molar-refractivity contribution is 6.00. The van der Waals surface area contributed by atoms with Crippen molar-refractivity contribution in [3.05, 3.63) is 80.8 Å². The van der Waals surface area contributed by atoms with E-state index in [-0.39, 0.29) is 23.0 Å². The molecule has 12 nitrogen and oxygen atoms in total. The Morgan fingerprint density at radius 3 is 2.32 bits per heavy atom. The number of carbonyl (C=O) groups excluding carboxylic acids is 2. The van der Waals surface area contributed by atoms with Crippen LogP contribution in [0, 0.1) is 0 Å². The maximum Gasteiger partial charge on any atom is 0.328 e. The van der Waals surface area contributed by atoms with Gasteiger partial charge in [0, 0.05) is 17.7 Å². The Hall–Kier alpha value is -4.61. The Morgan fingerprint density at radius 1 is 1.00 bits per heavy atom. The van der Waals surface area contributed by atoms with Crippen molar-refractivity contribution in [2.24, 2.45) is 0 Å². The molecule has 2 aromatic carbocycles. The molecule has 156 valence electrons. The second-order valence-electron chi connectivity index (χ2n) is 6.45. The molecule has 0 radical (unpaired) electrons. The van der Waals surface area contributed by atoms with E-state index >= 15 is 0 Å². The maximum absolute atomic E-state index is 12.4. The van der Waals surface area contributed by atoms with Gasteiger partial charge in [-0.25, -0.2) is 9.48 Å². The van der Waals surface area contributed by atoms with E-state index in [4.69, 9.17) is 0 Å². The zero-order chi connectivity index (χ0) is 22.0. The number of hydrogen-bond donors (Lipinski definition) is 3. The van der Waals surface area contributed by atoms with Gasteiger partial charge in [0.15, 0.2) is 0 Å². The lowest BCUT2D eigenvalue weighted by Crippen LogP contribution is -2.41. The van der Waals surface area contributed by atoms with Crippen LogP contribution in [0.25, 0.3) is 16.6 Å². The van der Waals surface area contributed by atoms with Crippen molar-refractivity contribution in [3.8, 4) is 5.69 Å². The minimum Gasteiger partial charge on any atom is -0.307 e. The van der Waals surface area contributed by atoms with Gasteiger partial charge in [-0.3, -0.25) is 29.8 Å². The van der Waals surface area contributed by atoms with Crippen LogP contribution in [0.1, 0.15) is 27.6 Å². The standard InChI is InChI=1S/C19H16N8O4/c1-2-26-18(30)14-8-5-12(9-15(14)21-19(26)31)17(29)23-22-16(28)11-3-6-13(7-4-11)27-10-20-24-25-27/h3-10H,2H2,1H3,(H,21,31)(H,22,28)(H,23,29). The second kappa shape index (κ2) is 8.02. The normalized spacial score (nSPS) is 10.7. The highest BCUT2D eigenvalue weighted by Crippen LogP contribution is 2.10. The number of nitrogens with zero attached hydrogens (tertiary/aromatic N) is 5. The van der Waals surface area contributed by atoms with Gasteiger partial charge in [-0.2, -0.15) is 0 Å². The topological polar surface area (TPSA) is 157 Å². The zero-order valence-electron chi connectivity index (χ0n) is 16.2. The summed E-state index contributed by atoms with van der Waals surface area (Å²) in [5, 5.41) is 11.1. The quantitative estimate of drug-likeness (QED) is 0.385. The molecule has 2 amide bonds. The Morgan fingerprint density at radius 2 is 1.68 bits per heavy atom. The number of fused-ring (bicyclic) bond motifs is 1. The van der Waals surface area contributed by atoms with Crippen molar-refractivity contribution in [2.45, 2.75) is 13.5 Å². The molecule has 2 heterocycles. The maximum atomic E-state index is 12.4. The summed E-state index contributed by atoms with van der Waals surface area (Å²) >= 11 is 0. The van der Waals surface area contributed by atoms with Crippen LogP contribution in [0.4, 0.5) is 0 Å². The summed E-state index contributed by atoms with van der Waals surface area (Å²) in [5.41, 5.74) is 4.99. The van der Waals surface area contributed by atoms with Gasteiger partial charge in [-0.1, -0.05) is 0 Å². The first-order valence-corrected chi connectivity index (χ1v) is 9.19. The molecule has 0 atom stereocenters. The van der Waals surface area contributed by atoms with Crippen LogP contribution in [-0.2, 0) is 6.54 Å². The average molecular weight is 420 g/mol. The highest BCUT2D eigenvalue weighted by Gasteiger charge is 2.12. The SMILES string of the molecule is CCn1c(=O)[nH]c2cc(C(=O)NNC(=O)c3ccc(-n4cnnn4)cc3)ccc2c1=O. The summed E-state index contributed by atoms with van der Waals surface area (Å²) < 4.78 is 2.50. The molecule has 31 heavy (non-hydrogen) atoms. The fourth-order valence-corrected chi connectivity index (χ4v) is 2.99. The first kappa shape index (κ1) is 19.7. The number of carbonyl (C=O) groups is 2. The smallest absolute Gasteiger partial charge is 0.307 e. The Labute approximate surface area is 173 Å². The highest BCUT2D eigenvalue weighted by atomic mass is 16.2. The van der Waals surface area contributed by atoms with Crippen molar-refractivity contribution < 1.29 is 9.59 Å². The number of amides is 2. The van der Waals surface area contributed by atoms with Gasteiger partial charge in [0.1, 0.15) is 6.33 Å². The van der Waals surface area contributed by atoms with Crippen molar-refractivity contribution >= 4 is 22.7 Å². The van der Waals surface area contributed by atoms with Gasteiger partial charge >= 0.3 is 5.69 Å². The van der Waals surface area contributed by atoms with E-state index in [0.29, 0.717) is 11.3 Å². The van der Waals surface area contributed by atoms with Crippen LogP contribution < -0.4 is 22.1 Å². The third kappa shape index (κ3) is 3.81. The molecular weight excluding hydrogens is 404 g/mol. The summed E-state index contributed by atoms with van der Waals surface area (Å²) in [5.74, 6) is -1.14. The van der Waals surface area contributed by atoms with Gasteiger partial charge in [-0.05, 0) is 59.8 Å². The minimum atomic E-state index is -0.610. The van der Waals surface area contributed by atoms with Crippen molar-refractivity contribution in [3.63, 3.8) is 0 Å². The summed E-state index contributed by atoms with van der Waals surface area (Å²) in [6, 6.07) is 10.7. The average Bonchev–Trinajstić information content (AvgIpc) is 3.32. The molecule has 0 saturated carbocycles. The lowest BCUT2D eigenvalue weighted by Gasteiger charge is -2.09. The van der Waals surface area contributed by atoms with Crippen LogP contribution in [0.3, 0.4) is 0 Å². The number of rotatable bonds is 4. The third-order valence-corrected chi connectivity index (χ3v) is 4.59. The van der Waals surface area contributed by atoms with Gasteiger partial charge < -0.3 is 4.98 Å². The van der Waals surface area contributed by atoms with Gasteiger partial charge in [0.2, 0.25) is 0 Å². The first-order valence-electron chi connectivity index (χ1n) is 9.19. The summed E-state index contributed by atoms with van der Waals surface area (Å²) in [6.07, 6.45) is 1.42. The van der Waals surface area contributed by atoms with Gasteiger partial charge in [0.05, 0.1) is 16.6 Å². The van der Waals surface area contributed by atoms with E-state index in [0.717, 1.165) is 4.57 Å². The Balaban J connectivity index is 1.47. The number of hydrogen-bond acceptors (Lipinski definition) is 7. The number of aromatic amines is 1. The van der Waals surface area contributed by atoms with E-state index in [1.54, 1.807) is 31.2 Å². The number of benzene rings is 2. The Bertz CT molecular complexity index is 1390. The molecular formula is C19H16N8O4. The van der Waals surface area contributed by atoms with Crippen LogP contribution in [0.2, 0.25) is 0 Å². The van der Waals surface area contributed by atoms with E-state index in [2.05, 4.69) is 31.4 Å². The molecule has 0 aliphatic heterocycles. The zero-order valence-corrected chi connectivity index (χ0v) is 16.2. The van der Waals surface area contributed by atoms with Crippen LogP contribution in [0.15, 0.2) is 58.4 Å². The first-order chi connectivity index (χ1) is 15.0. The molecule has 0 unspecified atom stereocenters. The molecule has 4 rings (SSSR count). The number of hydrazine groups is 1. The fourth-order valence-electron chi connectivity index (χ4n) is 2.99. The summed E-state index contributed by atoms with van der Waals surface area (Å²) in [4.78, 5) is 51.5.